The average Bonchev–Trinajstić information content (AvgIpc) is 3.13. The molecule has 0 spiro atoms. The monoisotopic (exact) mass is 348 g/mol. The van der Waals surface area contributed by atoms with Gasteiger partial charge in [0.15, 0.2) is 11.5 Å². The van der Waals surface area contributed by atoms with E-state index in [1.54, 1.807) is 13.0 Å². The van der Waals surface area contributed by atoms with E-state index in [1.165, 1.54) is 13.2 Å². The summed E-state index contributed by atoms with van der Waals surface area (Å²) in [5.74, 6) is 0.0466. The number of aromatic nitrogens is 1. The lowest BCUT2D eigenvalue weighted by molar-refractivity contribution is -0.140. The zero-order chi connectivity index (χ0) is 17.0. The van der Waals surface area contributed by atoms with Crippen molar-refractivity contribution in [3.05, 3.63) is 39.7 Å². The molecule has 1 atom stereocenters. The van der Waals surface area contributed by atoms with E-state index in [4.69, 9.17) is 9.15 Å². The van der Waals surface area contributed by atoms with Crippen molar-refractivity contribution < 1.29 is 27.1 Å². The van der Waals surface area contributed by atoms with Gasteiger partial charge in [-0.05, 0) is 18.6 Å². The number of thiazole rings is 1. The van der Waals surface area contributed by atoms with Gasteiger partial charge in [0.25, 0.3) is 5.91 Å². The van der Waals surface area contributed by atoms with Crippen molar-refractivity contribution in [1.29, 1.82) is 0 Å². The van der Waals surface area contributed by atoms with E-state index in [9.17, 15) is 18.0 Å². The summed E-state index contributed by atoms with van der Waals surface area (Å²) in [6, 6.07) is 2.48. The Morgan fingerprint density at radius 2 is 2.22 bits per heavy atom. The van der Waals surface area contributed by atoms with Gasteiger partial charge >= 0.3 is 6.18 Å². The number of alkyl halides is 3. The molecule has 2 heterocycles. The van der Waals surface area contributed by atoms with Crippen LogP contribution in [0.2, 0.25) is 0 Å². The van der Waals surface area contributed by atoms with Crippen LogP contribution in [-0.2, 0) is 17.5 Å². The van der Waals surface area contributed by atoms with Crippen molar-refractivity contribution in [2.24, 2.45) is 0 Å². The van der Waals surface area contributed by atoms with Crippen LogP contribution in [-0.4, -0.2) is 18.0 Å². The summed E-state index contributed by atoms with van der Waals surface area (Å²) < 4.78 is 48.0. The number of halogens is 3. The quantitative estimate of drug-likeness (QED) is 0.863. The van der Waals surface area contributed by atoms with Crippen molar-refractivity contribution in [1.82, 2.24) is 10.3 Å². The predicted octanol–water partition coefficient (Wildman–Crippen LogP) is 3.78. The molecule has 1 N–H and O–H groups in total. The summed E-state index contributed by atoms with van der Waals surface area (Å²) in [7, 11) is 1.50. The molecule has 0 aromatic carbocycles. The Morgan fingerprint density at radius 1 is 1.48 bits per heavy atom. The molecule has 9 heteroatoms. The summed E-state index contributed by atoms with van der Waals surface area (Å²) in [5.41, 5.74) is -0.953. The Labute approximate surface area is 134 Å². The molecule has 0 aliphatic rings. The number of hydrogen-bond acceptors (Lipinski definition) is 5. The fourth-order valence-electron chi connectivity index (χ4n) is 1.87. The molecule has 0 aliphatic carbocycles. The number of nitrogens with one attached hydrogen (secondary N) is 1. The highest BCUT2D eigenvalue weighted by molar-refractivity contribution is 7.09. The van der Waals surface area contributed by atoms with Gasteiger partial charge in [-0.2, -0.15) is 13.2 Å². The highest BCUT2D eigenvalue weighted by atomic mass is 32.1. The third kappa shape index (κ3) is 4.32. The van der Waals surface area contributed by atoms with Crippen molar-refractivity contribution in [2.75, 3.05) is 7.11 Å². The van der Waals surface area contributed by atoms with Gasteiger partial charge in [0.05, 0.1) is 6.04 Å². The number of furan rings is 1. The molecular formula is C14H15F3N2O3S. The first-order chi connectivity index (χ1) is 10.8. The fraction of sp³-hybridized carbons (Fsp3) is 0.429. The highest BCUT2D eigenvalue weighted by Gasteiger charge is 2.34. The minimum atomic E-state index is -4.49. The molecule has 1 amide bonds. The molecule has 126 valence electrons. The minimum absolute atomic E-state index is 0.0723. The third-order valence-corrected chi connectivity index (χ3v) is 3.95. The maximum atomic E-state index is 12.6. The smallest absolute Gasteiger partial charge is 0.434 e. The van der Waals surface area contributed by atoms with Gasteiger partial charge in [0.1, 0.15) is 17.4 Å². The largest absolute Gasteiger partial charge is 0.453 e. The van der Waals surface area contributed by atoms with Gasteiger partial charge in [0, 0.05) is 12.5 Å². The number of hydrogen-bond donors (Lipinski definition) is 1. The number of carbonyl (C=O) groups excluding carboxylic acids is 1. The molecule has 0 bridgehead atoms. The van der Waals surface area contributed by atoms with Crippen LogP contribution in [0.5, 0.6) is 0 Å². The van der Waals surface area contributed by atoms with Crippen molar-refractivity contribution in [2.45, 2.75) is 32.2 Å². The van der Waals surface area contributed by atoms with Gasteiger partial charge in [0.2, 0.25) is 0 Å². The molecule has 0 fully saturated rings. The predicted molar refractivity (Wildman–Crippen MR) is 77.0 cm³/mol. The molecular weight excluding hydrogens is 333 g/mol. The first-order valence-electron chi connectivity index (χ1n) is 6.76. The standard InChI is InChI=1S/C14H15F3N2O3S/c1-3-9(13-19-11(7-23-13)14(15,16)17)18-12(20)10-5-4-8(22-10)6-21-2/h4-5,7,9H,3,6H2,1-2H3,(H,18,20). The molecule has 0 saturated heterocycles. The lowest BCUT2D eigenvalue weighted by Gasteiger charge is -2.13. The Hall–Kier alpha value is -1.87. The molecule has 23 heavy (non-hydrogen) atoms. The van der Waals surface area contributed by atoms with Gasteiger partial charge in [-0.25, -0.2) is 4.98 Å². The van der Waals surface area contributed by atoms with Crippen LogP contribution in [0.25, 0.3) is 0 Å². The van der Waals surface area contributed by atoms with E-state index >= 15 is 0 Å². The van der Waals surface area contributed by atoms with Gasteiger partial charge in [-0.3, -0.25) is 4.79 Å². The van der Waals surface area contributed by atoms with E-state index in [0.717, 1.165) is 16.7 Å². The van der Waals surface area contributed by atoms with Crippen molar-refractivity contribution >= 4 is 17.2 Å². The van der Waals surface area contributed by atoms with Crippen LogP contribution >= 0.6 is 11.3 Å². The number of amides is 1. The van der Waals surface area contributed by atoms with E-state index in [-0.39, 0.29) is 17.4 Å². The van der Waals surface area contributed by atoms with Crippen LogP contribution in [0.3, 0.4) is 0 Å². The first kappa shape index (κ1) is 17.5. The van der Waals surface area contributed by atoms with E-state index in [0.29, 0.717) is 12.2 Å². The summed E-state index contributed by atoms with van der Waals surface area (Å²) in [5, 5.41) is 3.77. The van der Waals surface area contributed by atoms with E-state index < -0.39 is 23.8 Å². The van der Waals surface area contributed by atoms with Crippen LogP contribution in [0.1, 0.15) is 46.4 Å². The topological polar surface area (TPSA) is 64.4 Å². The van der Waals surface area contributed by atoms with Crippen LogP contribution < -0.4 is 5.32 Å². The first-order valence-corrected chi connectivity index (χ1v) is 7.64. The molecule has 2 aromatic heterocycles. The number of methoxy groups -OCH3 is 1. The minimum Gasteiger partial charge on any atom is -0.453 e. The fourth-order valence-corrected chi connectivity index (χ4v) is 2.83. The summed E-state index contributed by atoms with van der Waals surface area (Å²) in [6.07, 6.45) is -4.09. The van der Waals surface area contributed by atoms with Gasteiger partial charge in [-0.1, -0.05) is 6.92 Å². The number of carbonyl (C=O) groups is 1. The maximum Gasteiger partial charge on any atom is 0.434 e. The zero-order valence-electron chi connectivity index (χ0n) is 12.4. The summed E-state index contributed by atoms with van der Waals surface area (Å²) in [4.78, 5) is 15.7. The maximum absolute atomic E-state index is 12.6. The summed E-state index contributed by atoms with van der Waals surface area (Å²) in [6.45, 7) is 1.98. The Balaban J connectivity index is 2.09. The molecule has 0 saturated carbocycles. The van der Waals surface area contributed by atoms with E-state index in [1.807, 2.05) is 0 Å². The molecule has 2 aromatic rings. The second-order valence-electron chi connectivity index (χ2n) is 4.70. The lowest BCUT2D eigenvalue weighted by Crippen LogP contribution is -2.27. The number of nitrogens with zero attached hydrogens (tertiary/aromatic N) is 1. The average molecular weight is 348 g/mol. The Bertz CT molecular complexity index is 666. The number of rotatable bonds is 6. The molecule has 2 rings (SSSR count). The van der Waals surface area contributed by atoms with Gasteiger partial charge < -0.3 is 14.5 Å². The normalized spacial score (nSPS) is 13.1. The second-order valence-corrected chi connectivity index (χ2v) is 5.59. The summed E-state index contributed by atoms with van der Waals surface area (Å²) >= 11 is 0.863. The Morgan fingerprint density at radius 3 is 2.78 bits per heavy atom. The molecule has 0 aliphatic heterocycles. The molecule has 0 radical (unpaired) electrons. The number of ether oxygens (including phenoxy) is 1. The Kier molecular flexibility index (Phi) is 5.42. The van der Waals surface area contributed by atoms with Crippen molar-refractivity contribution in [3.63, 3.8) is 0 Å². The lowest BCUT2D eigenvalue weighted by atomic mass is 10.2. The van der Waals surface area contributed by atoms with E-state index in [2.05, 4.69) is 10.3 Å². The van der Waals surface area contributed by atoms with Crippen LogP contribution in [0.15, 0.2) is 21.9 Å². The van der Waals surface area contributed by atoms with Crippen molar-refractivity contribution in [3.8, 4) is 0 Å². The van der Waals surface area contributed by atoms with Gasteiger partial charge in [-0.15, -0.1) is 11.3 Å². The molecule has 5 nitrogen and oxygen atoms in total. The van der Waals surface area contributed by atoms with Crippen LogP contribution in [0.4, 0.5) is 13.2 Å². The SMILES string of the molecule is CCC(NC(=O)c1ccc(COC)o1)c1nc(C(F)(F)F)cs1. The molecule has 1 unspecified atom stereocenters. The van der Waals surface area contributed by atoms with Crippen LogP contribution in [0, 0.1) is 0 Å². The second kappa shape index (κ2) is 7.14. The zero-order valence-corrected chi connectivity index (χ0v) is 13.3. The third-order valence-electron chi connectivity index (χ3n) is 3.00. The highest BCUT2D eigenvalue weighted by Crippen LogP contribution is 2.32.